The summed E-state index contributed by atoms with van der Waals surface area (Å²) in [4.78, 5) is 40.1. The molecule has 6 aromatic rings. The number of nitrogens with one attached hydrogen (secondary N) is 3. The third-order valence-electron chi connectivity index (χ3n) is 7.41. The molecule has 0 atom stereocenters. The number of hydrogen-bond acceptors (Lipinski definition) is 7. The van der Waals surface area contributed by atoms with E-state index in [9.17, 15) is 14.4 Å². The van der Waals surface area contributed by atoms with Crippen molar-refractivity contribution in [1.29, 1.82) is 0 Å². The highest BCUT2D eigenvalue weighted by Crippen LogP contribution is 2.31. The molecule has 0 saturated heterocycles. The second kappa shape index (κ2) is 16.7. The SMILES string of the molecule is COc1ccccc1-c1ccc(/C=C(\NC(=O)c2ccccc2)C(=O)Nc2ccc(SCC(=O)Nc3ccc(Oc4ccccc4)cc3)cc2)o1. The van der Waals surface area contributed by atoms with Gasteiger partial charge in [0, 0.05) is 27.9 Å². The molecule has 51 heavy (non-hydrogen) atoms. The van der Waals surface area contributed by atoms with Gasteiger partial charge in [-0.05, 0) is 97.1 Å². The lowest BCUT2D eigenvalue weighted by Crippen LogP contribution is -2.30. The third kappa shape index (κ3) is 9.56. The minimum Gasteiger partial charge on any atom is -0.496 e. The summed E-state index contributed by atoms with van der Waals surface area (Å²) in [7, 11) is 1.58. The van der Waals surface area contributed by atoms with E-state index in [0.717, 1.165) is 16.2 Å². The molecule has 1 heterocycles. The van der Waals surface area contributed by atoms with Crippen LogP contribution in [0.3, 0.4) is 0 Å². The second-order valence-corrected chi connectivity index (χ2v) is 12.1. The number of amides is 3. The van der Waals surface area contributed by atoms with Crippen molar-refractivity contribution < 1.29 is 28.3 Å². The van der Waals surface area contributed by atoms with Crippen LogP contribution < -0.4 is 25.4 Å². The molecule has 0 unspecified atom stereocenters. The van der Waals surface area contributed by atoms with Gasteiger partial charge >= 0.3 is 0 Å². The van der Waals surface area contributed by atoms with Crippen LogP contribution in [-0.2, 0) is 9.59 Å². The number of benzene rings is 5. The van der Waals surface area contributed by atoms with E-state index in [1.807, 2.05) is 54.6 Å². The molecule has 0 radical (unpaired) electrons. The largest absolute Gasteiger partial charge is 0.496 e. The van der Waals surface area contributed by atoms with Gasteiger partial charge in [0.15, 0.2) is 0 Å². The van der Waals surface area contributed by atoms with Gasteiger partial charge in [-0.15, -0.1) is 11.8 Å². The fraction of sp³-hybridized carbons (Fsp3) is 0.0488. The minimum atomic E-state index is -0.547. The predicted molar refractivity (Wildman–Crippen MR) is 200 cm³/mol. The monoisotopic (exact) mass is 695 g/mol. The maximum Gasteiger partial charge on any atom is 0.272 e. The molecule has 0 spiro atoms. The van der Waals surface area contributed by atoms with Gasteiger partial charge in [-0.1, -0.05) is 48.5 Å². The number of ether oxygens (including phenoxy) is 2. The number of furan rings is 1. The molecule has 3 N–H and O–H groups in total. The summed E-state index contributed by atoms with van der Waals surface area (Å²) in [5, 5.41) is 8.45. The van der Waals surface area contributed by atoms with Crippen molar-refractivity contribution in [3.8, 4) is 28.6 Å². The van der Waals surface area contributed by atoms with Gasteiger partial charge in [-0.2, -0.15) is 0 Å². The average molecular weight is 696 g/mol. The number of carbonyl (C=O) groups excluding carboxylic acids is 3. The van der Waals surface area contributed by atoms with Gasteiger partial charge < -0.3 is 29.8 Å². The van der Waals surface area contributed by atoms with E-state index in [1.165, 1.54) is 17.8 Å². The normalized spacial score (nSPS) is 11.0. The topological polar surface area (TPSA) is 119 Å². The fourth-order valence-electron chi connectivity index (χ4n) is 4.92. The molecule has 5 aromatic carbocycles. The highest BCUT2D eigenvalue weighted by molar-refractivity contribution is 8.00. The van der Waals surface area contributed by atoms with Crippen LogP contribution >= 0.6 is 11.8 Å². The lowest BCUT2D eigenvalue weighted by molar-refractivity contribution is -0.114. The third-order valence-corrected chi connectivity index (χ3v) is 8.43. The van der Waals surface area contributed by atoms with Gasteiger partial charge in [0.2, 0.25) is 5.91 Å². The molecule has 3 amide bonds. The van der Waals surface area contributed by atoms with Crippen LogP contribution in [0.15, 0.2) is 161 Å². The number of thioether (sulfide) groups is 1. The zero-order valence-corrected chi connectivity index (χ0v) is 28.3. The van der Waals surface area contributed by atoms with E-state index >= 15 is 0 Å². The summed E-state index contributed by atoms with van der Waals surface area (Å²) >= 11 is 1.36. The standard InChI is InChI=1S/C41H33N3O6S/c1-48-37-15-9-8-14-35(37)38-25-22-33(50-38)26-36(44-40(46)28-10-4-2-5-11-28)41(47)43-30-18-23-34(24-19-30)51-27-39(45)42-29-16-20-32(21-17-29)49-31-12-6-3-7-13-31/h2-26H,27H2,1H3,(H,42,45)(H,43,47)(H,44,46)/b36-26-. The Labute approximate surface area is 299 Å². The molecule has 10 heteroatoms. The molecule has 1 aromatic heterocycles. The van der Waals surface area contributed by atoms with Crippen molar-refractivity contribution in [2.75, 3.05) is 23.5 Å². The number of hydrogen-bond donors (Lipinski definition) is 3. The molecule has 0 saturated carbocycles. The first kappa shape index (κ1) is 34.3. The van der Waals surface area contributed by atoms with Crippen LogP contribution in [0.2, 0.25) is 0 Å². The van der Waals surface area contributed by atoms with E-state index < -0.39 is 11.8 Å². The molecule has 0 aliphatic rings. The van der Waals surface area contributed by atoms with Crippen LogP contribution in [-0.4, -0.2) is 30.6 Å². The predicted octanol–water partition coefficient (Wildman–Crippen LogP) is 8.89. The zero-order valence-electron chi connectivity index (χ0n) is 27.5. The van der Waals surface area contributed by atoms with Crippen molar-refractivity contribution >= 4 is 46.9 Å². The maximum atomic E-state index is 13.5. The summed E-state index contributed by atoms with van der Waals surface area (Å²) in [6, 6.07) is 43.2. The summed E-state index contributed by atoms with van der Waals surface area (Å²) < 4.78 is 17.3. The van der Waals surface area contributed by atoms with Crippen LogP contribution in [0, 0.1) is 0 Å². The minimum absolute atomic E-state index is 0.0143. The Morgan fingerprint density at radius 1 is 0.686 bits per heavy atom. The first-order valence-electron chi connectivity index (χ1n) is 15.9. The fourth-order valence-corrected chi connectivity index (χ4v) is 5.62. The van der Waals surface area contributed by atoms with Crippen molar-refractivity contribution in [1.82, 2.24) is 5.32 Å². The molecule has 0 bridgehead atoms. The number of methoxy groups -OCH3 is 1. The van der Waals surface area contributed by atoms with Crippen LogP contribution in [0.25, 0.3) is 17.4 Å². The Kier molecular flexibility index (Phi) is 11.3. The molecule has 0 aliphatic carbocycles. The smallest absolute Gasteiger partial charge is 0.272 e. The molecule has 9 nitrogen and oxygen atoms in total. The maximum absolute atomic E-state index is 13.5. The first-order chi connectivity index (χ1) is 24.9. The van der Waals surface area contributed by atoms with Gasteiger partial charge in [0.25, 0.3) is 11.8 Å². The molecule has 0 fully saturated rings. The van der Waals surface area contributed by atoms with Crippen molar-refractivity contribution in [2.24, 2.45) is 0 Å². The first-order valence-corrected chi connectivity index (χ1v) is 16.9. The second-order valence-electron chi connectivity index (χ2n) is 11.0. The van der Waals surface area contributed by atoms with Crippen molar-refractivity contribution in [3.05, 3.63) is 163 Å². The Morgan fingerprint density at radius 3 is 2.04 bits per heavy atom. The highest BCUT2D eigenvalue weighted by atomic mass is 32.2. The number of carbonyl (C=O) groups is 3. The Morgan fingerprint density at radius 2 is 1.31 bits per heavy atom. The van der Waals surface area contributed by atoms with E-state index in [4.69, 9.17) is 13.9 Å². The highest BCUT2D eigenvalue weighted by Gasteiger charge is 2.17. The quantitative estimate of drug-likeness (QED) is 0.0816. The summed E-state index contributed by atoms with van der Waals surface area (Å²) in [6.45, 7) is 0. The van der Waals surface area contributed by atoms with E-state index in [2.05, 4.69) is 16.0 Å². The van der Waals surface area contributed by atoms with Gasteiger partial charge in [0.1, 0.15) is 34.5 Å². The van der Waals surface area contributed by atoms with Crippen molar-refractivity contribution in [2.45, 2.75) is 4.90 Å². The number of para-hydroxylation sites is 2. The number of rotatable bonds is 13. The van der Waals surface area contributed by atoms with Gasteiger partial charge in [-0.25, -0.2) is 0 Å². The summed E-state index contributed by atoms with van der Waals surface area (Å²) in [5.74, 6) is 1.97. The molecular weight excluding hydrogens is 663 g/mol. The van der Waals surface area contributed by atoms with Crippen LogP contribution in [0.4, 0.5) is 11.4 Å². The van der Waals surface area contributed by atoms with Crippen molar-refractivity contribution in [3.63, 3.8) is 0 Å². The van der Waals surface area contributed by atoms with E-state index in [-0.39, 0.29) is 17.4 Å². The molecule has 6 rings (SSSR count). The van der Waals surface area contributed by atoms with Crippen LogP contribution in [0.5, 0.6) is 17.2 Å². The zero-order chi connectivity index (χ0) is 35.4. The molecular formula is C41H33N3O6S. The average Bonchev–Trinajstić information content (AvgIpc) is 3.64. The lowest BCUT2D eigenvalue weighted by atomic mass is 10.1. The Hall–Kier alpha value is -6.52. The van der Waals surface area contributed by atoms with Crippen LogP contribution in [0.1, 0.15) is 16.1 Å². The summed E-state index contributed by atoms with van der Waals surface area (Å²) in [6.07, 6.45) is 1.47. The Bertz CT molecular complexity index is 2130. The van der Waals surface area contributed by atoms with E-state index in [0.29, 0.717) is 40.0 Å². The van der Waals surface area contributed by atoms with Gasteiger partial charge in [0.05, 0.1) is 18.4 Å². The lowest BCUT2D eigenvalue weighted by Gasteiger charge is -2.11. The van der Waals surface area contributed by atoms with E-state index in [1.54, 1.807) is 98.1 Å². The molecule has 0 aliphatic heterocycles. The number of anilines is 2. The molecule has 254 valence electrons. The van der Waals surface area contributed by atoms with Gasteiger partial charge in [-0.3, -0.25) is 14.4 Å². The summed E-state index contributed by atoms with van der Waals surface area (Å²) in [5.41, 5.74) is 2.29. The Balaban J connectivity index is 1.08.